The van der Waals surface area contributed by atoms with Gasteiger partial charge in [-0.2, -0.15) is 0 Å². The molecule has 100 valence electrons. The van der Waals surface area contributed by atoms with Gasteiger partial charge in [-0.15, -0.1) is 0 Å². The van der Waals surface area contributed by atoms with E-state index in [9.17, 15) is 4.57 Å². The molecule has 0 aromatic heterocycles. The number of anilines is 1. The van der Waals surface area contributed by atoms with E-state index in [-0.39, 0.29) is 35.7 Å². The van der Waals surface area contributed by atoms with Crippen molar-refractivity contribution in [2.45, 2.75) is 6.42 Å². The van der Waals surface area contributed by atoms with Crippen LogP contribution >= 0.6 is 15.9 Å². The molecule has 0 saturated heterocycles. The first-order valence-corrected chi connectivity index (χ1v) is 7.61. The van der Waals surface area contributed by atoms with Crippen LogP contribution in [0, 0.1) is 0 Å². The van der Waals surface area contributed by atoms with E-state index in [0.29, 0.717) is 12.1 Å². The fourth-order valence-corrected chi connectivity index (χ4v) is 1.51. The summed E-state index contributed by atoms with van der Waals surface area (Å²) in [6.45, 7) is 0. The summed E-state index contributed by atoms with van der Waals surface area (Å²) >= 11 is 0. The summed E-state index contributed by atoms with van der Waals surface area (Å²) in [6.07, 6.45) is 0.265. The van der Waals surface area contributed by atoms with Crippen LogP contribution in [0.3, 0.4) is 0 Å². The van der Waals surface area contributed by atoms with E-state index >= 15 is 0 Å². The molecule has 10 heteroatoms. The van der Waals surface area contributed by atoms with Crippen molar-refractivity contribution >= 4 is 51.1 Å². The normalized spacial score (nSPS) is 10.3. The number of benzene rings is 1. The van der Waals surface area contributed by atoms with Crippen molar-refractivity contribution in [1.29, 1.82) is 0 Å². The monoisotopic (exact) mass is 307 g/mol. The quantitative estimate of drug-likeness (QED) is 0.293. The van der Waals surface area contributed by atoms with E-state index < -0.39 is 15.9 Å². The van der Waals surface area contributed by atoms with Crippen molar-refractivity contribution < 1.29 is 28.7 Å². The number of nitrogen functional groups attached to an aromatic ring is 1. The molecule has 1 aromatic carbocycles. The van der Waals surface area contributed by atoms with Crippen LogP contribution in [-0.2, 0) is 15.6 Å². The fourth-order valence-electron chi connectivity index (χ4n) is 0.959. The van der Waals surface area contributed by atoms with Crippen LogP contribution < -0.4 is 5.73 Å². The van der Waals surface area contributed by atoms with E-state index in [4.69, 9.17) is 29.9 Å². The molecule has 0 saturated carbocycles. The minimum absolute atomic E-state index is 0. The molecule has 18 heavy (non-hydrogen) atoms. The summed E-state index contributed by atoms with van der Waals surface area (Å²) in [7, 11) is -7.00. The second-order valence-corrected chi connectivity index (χ2v) is 5.50. The van der Waals surface area contributed by atoms with Crippen LogP contribution in [0.25, 0.3) is 0 Å². The van der Waals surface area contributed by atoms with Crippen molar-refractivity contribution in [3.05, 3.63) is 29.8 Å². The van der Waals surface area contributed by atoms with Crippen LogP contribution in [0.1, 0.15) is 5.56 Å². The Morgan fingerprint density at radius 2 is 1.56 bits per heavy atom. The molecule has 0 unspecified atom stereocenters. The van der Waals surface area contributed by atoms with Gasteiger partial charge in [0.15, 0.2) is 0 Å². The van der Waals surface area contributed by atoms with Gasteiger partial charge in [0.05, 0.1) is 6.16 Å². The zero-order chi connectivity index (χ0) is 13.5. The van der Waals surface area contributed by atoms with Crippen LogP contribution in [0.5, 0.6) is 0 Å². The molecule has 0 amide bonds. The molecule has 0 spiro atoms. The van der Waals surface area contributed by atoms with Gasteiger partial charge in [0, 0.05) is 5.69 Å². The van der Waals surface area contributed by atoms with Gasteiger partial charge in [-0.05, 0) is 24.1 Å². The number of aryl methyl sites for hydroxylation is 1. The van der Waals surface area contributed by atoms with Crippen LogP contribution in [0.4, 0.5) is 5.69 Å². The molecule has 1 rings (SSSR count). The van der Waals surface area contributed by atoms with Crippen molar-refractivity contribution in [2.24, 2.45) is 0 Å². The average molecular weight is 307 g/mol. The van der Waals surface area contributed by atoms with Crippen molar-refractivity contribution in [3.8, 4) is 0 Å². The van der Waals surface area contributed by atoms with E-state index in [1.54, 1.807) is 24.3 Å². The van der Waals surface area contributed by atoms with Gasteiger partial charge in [0.1, 0.15) is 0 Å². The molecule has 0 atom stereocenters. The van der Waals surface area contributed by atoms with Crippen LogP contribution in [0.2, 0.25) is 0 Å². The third-order valence-corrected chi connectivity index (χ3v) is 2.48. The SMILES string of the molecule is Nc1ccc(CCP(=O)(O)O)cc1.O=[PH](O)O.[NaH]. The third kappa shape index (κ3) is 14.4. The maximum absolute atomic E-state index is 10.5. The number of nitrogens with two attached hydrogens (primary N) is 1. The molecule has 7 nitrogen and oxygen atoms in total. The Balaban J connectivity index is 0. The van der Waals surface area contributed by atoms with Gasteiger partial charge in [-0.3, -0.25) is 9.13 Å². The Labute approximate surface area is 127 Å². The van der Waals surface area contributed by atoms with Gasteiger partial charge in [0.2, 0.25) is 0 Å². The molecule has 1 aromatic rings. The zero-order valence-corrected chi connectivity index (χ0v) is 10.7. The van der Waals surface area contributed by atoms with Crippen molar-refractivity contribution in [2.75, 3.05) is 11.9 Å². The molecular formula is C8H16NNaO6P2. The summed E-state index contributed by atoms with van der Waals surface area (Å²) in [6, 6.07) is 6.97. The second kappa shape index (κ2) is 10.1. The maximum atomic E-state index is 10.5. The average Bonchev–Trinajstić information content (AvgIpc) is 2.15. The number of rotatable bonds is 3. The second-order valence-electron chi connectivity index (χ2n) is 3.16. The van der Waals surface area contributed by atoms with E-state index in [2.05, 4.69) is 0 Å². The van der Waals surface area contributed by atoms with E-state index in [0.717, 1.165) is 5.56 Å². The Morgan fingerprint density at radius 3 is 1.89 bits per heavy atom. The molecule has 0 aliphatic rings. The fraction of sp³-hybridized carbons (Fsp3) is 0.250. The standard InChI is InChI=1S/C8H12NO3P.Na.H3O3P.H/c9-8-3-1-7(2-4-8)5-6-13(10,11)12;;1-4(2)3;/h1-4H,5-6,9H2,(H2,10,11,12);;4H,(H2,1,2,3);. The molecule has 6 N–H and O–H groups in total. The first-order chi connectivity index (χ1) is 7.70. The first-order valence-electron chi connectivity index (χ1n) is 4.51. The summed E-state index contributed by atoms with van der Waals surface area (Å²) in [5.74, 6) is 0. The predicted molar refractivity (Wildman–Crippen MR) is 72.1 cm³/mol. The van der Waals surface area contributed by atoms with Crippen LogP contribution in [0.15, 0.2) is 24.3 Å². The minimum atomic E-state index is -3.87. The zero-order valence-electron chi connectivity index (χ0n) is 8.85. The Bertz CT molecular complexity index is 403. The topological polar surface area (TPSA) is 141 Å². The summed E-state index contributed by atoms with van der Waals surface area (Å²) in [5.41, 5.74) is 6.99. The summed E-state index contributed by atoms with van der Waals surface area (Å²) in [5, 5.41) is 0. The number of hydrogen-bond acceptors (Lipinski definition) is 3. The molecule has 0 aliphatic heterocycles. The van der Waals surface area contributed by atoms with Gasteiger partial charge in [-0.1, -0.05) is 12.1 Å². The van der Waals surface area contributed by atoms with Gasteiger partial charge >= 0.3 is 45.4 Å². The number of hydrogen-bond donors (Lipinski definition) is 5. The van der Waals surface area contributed by atoms with Crippen LogP contribution in [-0.4, -0.2) is 55.3 Å². The third-order valence-electron chi connectivity index (χ3n) is 1.67. The van der Waals surface area contributed by atoms with Gasteiger partial charge in [-0.25, -0.2) is 0 Å². The Kier molecular flexibility index (Phi) is 11.6. The van der Waals surface area contributed by atoms with Crippen molar-refractivity contribution in [1.82, 2.24) is 0 Å². The van der Waals surface area contributed by atoms with E-state index in [1.807, 2.05) is 0 Å². The molecule has 0 bridgehead atoms. The van der Waals surface area contributed by atoms with Gasteiger partial charge < -0.3 is 25.3 Å². The Morgan fingerprint density at radius 1 is 1.17 bits per heavy atom. The molecule has 0 heterocycles. The predicted octanol–water partition coefficient (Wildman–Crippen LogP) is -0.299. The molecular weight excluding hydrogens is 291 g/mol. The van der Waals surface area contributed by atoms with Gasteiger partial charge in [0.25, 0.3) is 0 Å². The molecule has 0 fully saturated rings. The molecule has 0 aliphatic carbocycles. The summed E-state index contributed by atoms with van der Waals surface area (Å²) < 4.78 is 19.3. The first kappa shape index (κ1) is 20.6. The summed E-state index contributed by atoms with van der Waals surface area (Å²) in [4.78, 5) is 31.6. The molecule has 0 radical (unpaired) electrons. The van der Waals surface area contributed by atoms with Crippen molar-refractivity contribution in [3.63, 3.8) is 0 Å². The van der Waals surface area contributed by atoms with E-state index in [1.165, 1.54) is 0 Å². The Hall–Kier alpha value is 0.320.